The predicted molar refractivity (Wildman–Crippen MR) is 103 cm³/mol. The van der Waals surface area contributed by atoms with Crippen molar-refractivity contribution in [2.45, 2.75) is 26.8 Å². The fraction of sp³-hybridized carbons (Fsp3) is 0.333. The van der Waals surface area contributed by atoms with Gasteiger partial charge in [-0.25, -0.2) is 0 Å². The summed E-state index contributed by atoms with van der Waals surface area (Å²) in [6.07, 6.45) is 0.823. The summed E-state index contributed by atoms with van der Waals surface area (Å²) in [5, 5.41) is 5.73. The van der Waals surface area contributed by atoms with Crippen molar-refractivity contribution in [1.29, 1.82) is 0 Å². The van der Waals surface area contributed by atoms with E-state index in [1.807, 2.05) is 38.1 Å². The Labute approximate surface area is 158 Å². The van der Waals surface area contributed by atoms with Crippen molar-refractivity contribution >= 4 is 17.5 Å². The number of rotatable bonds is 5. The van der Waals surface area contributed by atoms with E-state index in [1.54, 1.807) is 18.2 Å². The third-order valence-corrected chi connectivity index (χ3v) is 4.21. The topological polar surface area (TPSA) is 76.7 Å². The van der Waals surface area contributed by atoms with E-state index >= 15 is 0 Å². The summed E-state index contributed by atoms with van der Waals surface area (Å²) in [4.78, 5) is 24.1. The lowest BCUT2D eigenvalue weighted by atomic mass is 10.1. The van der Waals surface area contributed by atoms with Crippen molar-refractivity contribution in [3.8, 4) is 11.5 Å². The van der Waals surface area contributed by atoms with Gasteiger partial charge in [-0.2, -0.15) is 0 Å². The molecule has 0 fully saturated rings. The van der Waals surface area contributed by atoms with Gasteiger partial charge in [0, 0.05) is 30.1 Å². The van der Waals surface area contributed by atoms with Crippen LogP contribution in [-0.4, -0.2) is 25.0 Å². The minimum absolute atomic E-state index is 0.0227. The molecular weight excluding hydrogens is 344 g/mol. The van der Waals surface area contributed by atoms with Crippen LogP contribution in [0, 0.1) is 5.92 Å². The van der Waals surface area contributed by atoms with Gasteiger partial charge in [0.2, 0.25) is 5.91 Å². The normalized spacial score (nSPS) is 13.0. The SMILES string of the molecule is CC(C)C(=O)Nc1ccc(CNC(=O)c2ccc3c(c2)OCCCO3)cc1. The first-order chi connectivity index (χ1) is 13.0. The van der Waals surface area contributed by atoms with E-state index in [9.17, 15) is 9.59 Å². The van der Waals surface area contributed by atoms with Gasteiger partial charge in [0.1, 0.15) is 0 Å². The van der Waals surface area contributed by atoms with Crippen LogP contribution in [0.5, 0.6) is 11.5 Å². The van der Waals surface area contributed by atoms with Crippen LogP contribution in [0.2, 0.25) is 0 Å². The zero-order chi connectivity index (χ0) is 19.2. The van der Waals surface area contributed by atoms with Crippen LogP contribution in [0.15, 0.2) is 42.5 Å². The van der Waals surface area contributed by atoms with Gasteiger partial charge in [0.05, 0.1) is 13.2 Å². The molecule has 6 nitrogen and oxygen atoms in total. The first-order valence-electron chi connectivity index (χ1n) is 9.10. The second-order valence-corrected chi connectivity index (χ2v) is 6.74. The fourth-order valence-corrected chi connectivity index (χ4v) is 2.58. The highest BCUT2D eigenvalue weighted by Crippen LogP contribution is 2.30. The maximum absolute atomic E-state index is 12.4. The lowest BCUT2D eigenvalue weighted by Crippen LogP contribution is -2.23. The molecule has 3 rings (SSSR count). The molecule has 1 heterocycles. The van der Waals surface area contributed by atoms with Gasteiger partial charge in [0.15, 0.2) is 11.5 Å². The molecule has 2 aromatic rings. The monoisotopic (exact) mass is 368 g/mol. The molecule has 0 aliphatic carbocycles. The summed E-state index contributed by atoms with van der Waals surface area (Å²) in [6, 6.07) is 12.6. The maximum atomic E-state index is 12.4. The minimum Gasteiger partial charge on any atom is -0.490 e. The number of carbonyl (C=O) groups excluding carboxylic acids is 2. The Morgan fingerprint density at radius 2 is 1.70 bits per heavy atom. The van der Waals surface area contributed by atoms with Gasteiger partial charge in [-0.3, -0.25) is 9.59 Å². The van der Waals surface area contributed by atoms with Crippen molar-refractivity contribution in [2.75, 3.05) is 18.5 Å². The van der Waals surface area contributed by atoms with Crippen molar-refractivity contribution in [3.05, 3.63) is 53.6 Å². The average molecular weight is 368 g/mol. The molecule has 1 aliphatic rings. The Morgan fingerprint density at radius 3 is 2.41 bits per heavy atom. The van der Waals surface area contributed by atoms with Crippen LogP contribution in [-0.2, 0) is 11.3 Å². The molecule has 0 unspecified atom stereocenters. The van der Waals surface area contributed by atoms with E-state index < -0.39 is 0 Å². The molecule has 1 aliphatic heterocycles. The second kappa shape index (κ2) is 8.58. The summed E-state index contributed by atoms with van der Waals surface area (Å²) in [5.74, 6) is 1.00. The average Bonchev–Trinajstić information content (AvgIpc) is 2.91. The molecule has 27 heavy (non-hydrogen) atoms. The highest BCUT2D eigenvalue weighted by Gasteiger charge is 2.14. The lowest BCUT2D eigenvalue weighted by Gasteiger charge is -2.11. The standard InChI is InChI=1S/C21H24N2O4/c1-14(2)20(24)23-17-7-4-15(5-8-17)13-22-21(25)16-6-9-18-19(12-16)27-11-3-10-26-18/h4-9,12,14H,3,10-11,13H2,1-2H3,(H,22,25)(H,23,24). The third-order valence-electron chi connectivity index (χ3n) is 4.21. The molecule has 0 spiro atoms. The van der Waals surface area contributed by atoms with Gasteiger partial charge in [0.25, 0.3) is 5.91 Å². The first-order valence-corrected chi connectivity index (χ1v) is 9.10. The van der Waals surface area contributed by atoms with E-state index in [4.69, 9.17) is 9.47 Å². The maximum Gasteiger partial charge on any atom is 0.251 e. The van der Waals surface area contributed by atoms with Crippen LogP contribution >= 0.6 is 0 Å². The van der Waals surface area contributed by atoms with Gasteiger partial charge in [-0.05, 0) is 35.9 Å². The molecule has 0 bridgehead atoms. The number of nitrogens with one attached hydrogen (secondary N) is 2. The Balaban J connectivity index is 1.57. The van der Waals surface area contributed by atoms with Crippen LogP contribution in [0.1, 0.15) is 36.2 Å². The smallest absolute Gasteiger partial charge is 0.251 e. The summed E-state index contributed by atoms with van der Waals surface area (Å²) in [7, 11) is 0. The number of benzene rings is 2. The zero-order valence-electron chi connectivity index (χ0n) is 15.6. The van der Waals surface area contributed by atoms with Crippen LogP contribution in [0.25, 0.3) is 0 Å². The summed E-state index contributed by atoms with van der Waals surface area (Å²) < 4.78 is 11.2. The fourth-order valence-electron chi connectivity index (χ4n) is 2.58. The number of ether oxygens (including phenoxy) is 2. The molecule has 0 saturated heterocycles. The molecule has 0 saturated carbocycles. The van der Waals surface area contributed by atoms with E-state index in [-0.39, 0.29) is 17.7 Å². The van der Waals surface area contributed by atoms with E-state index in [0.29, 0.717) is 36.8 Å². The molecule has 0 radical (unpaired) electrons. The molecule has 142 valence electrons. The Hall–Kier alpha value is -3.02. The van der Waals surface area contributed by atoms with Crippen LogP contribution < -0.4 is 20.1 Å². The minimum atomic E-state index is -0.178. The van der Waals surface area contributed by atoms with Gasteiger partial charge in [-0.15, -0.1) is 0 Å². The van der Waals surface area contributed by atoms with Crippen molar-refractivity contribution in [3.63, 3.8) is 0 Å². The largest absolute Gasteiger partial charge is 0.490 e. The van der Waals surface area contributed by atoms with E-state index in [1.165, 1.54) is 0 Å². The van der Waals surface area contributed by atoms with Gasteiger partial charge < -0.3 is 20.1 Å². The van der Waals surface area contributed by atoms with Gasteiger partial charge >= 0.3 is 0 Å². The summed E-state index contributed by atoms with van der Waals surface area (Å²) in [6.45, 7) is 5.29. The van der Waals surface area contributed by atoms with E-state index in [0.717, 1.165) is 17.7 Å². The van der Waals surface area contributed by atoms with E-state index in [2.05, 4.69) is 10.6 Å². The molecule has 0 atom stereocenters. The molecule has 2 aromatic carbocycles. The third kappa shape index (κ3) is 5.00. The van der Waals surface area contributed by atoms with Crippen LogP contribution in [0.4, 0.5) is 5.69 Å². The molecule has 6 heteroatoms. The first kappa shape index (κ1) is 18.8. The Kier molecular flexibility index (Phi) is 5.96. The Bertz CT molecular complexity index is 815. The molecule has 2 amide bonds. The van der Waals surface area contributed by atoms with Crippen molar-refractivity contribution < 1.29 is 19.1 Å². The number of carbonyl (C=O) groups is 2. The highest BCUT2D eigenvalue weighted by molar-refractivity contribution is 5.95. The zero-order valence-corrected chi connectivity index (χ0v) is 15.6. The molecule has 0 aromatic heterocycles. The number of hydrogen-bond donors (Lipinski definition) is 2. The highest BCUT2D eigenvalue weighted by atomic mass is 16.5. The molecular formula is C21H24N2O4. The summed E-state index contributed by atoms with van der Waals surface area (Å²) >= 11 is 0. The van der Waals surface area contributed by atoms with Crippen LogP contribution in [0.3, 0.4) is 0 Å². The Morgan fingerprint density at radius 1 is 1.00 bits per heavy atom. The van der Waals surface area contributed by atoms with Crippen molar-refractivity contribution in [2.24, 2.45) is 5.92 Å². The predicted octanol–water partition coefficient (Wildman–Crippen LogP) is 3.37. The number of anilines is 1. The van der Waals surface area contributed by atoms with Crippen molar-refractivity contribution in [1.82, 2.24) is 5.32 Å². The lowest BCUT2D eigenvalue weighted by molar-refractivity contribution is -0.118. The second-order valence-electron chi connectivity index (χ2n) is 6.74. The summed E-state index contributed by atoms with van der Waals surface area (Å²) in [5.41, 5.74) is 2.21. The number of fused-ring (bicyclic) bond motifs is 1. The number of hydrogen-bond acceptors (Lipinski definition) is 4. The molecule has 2 N–H and O–H groups in total. The number of amides is 2. The van der Waals surface area contributed by atoms with Gasteiger partial charge in [-0.1, -0.05) is 26.0 Å². The quantitative estimate of drug-likeness (QED) is 0.848.